The molecule has 1 aromatic heterocycles. The van der Waals surface area contributed by atoms with E-state index in [0.29, 0.717) is 56.4 Å². The molecule has 3 aromatic carbocycles. The molecule has 1 saturated heterocycles. The van der Waals surface area contributed by atoms with E-state index in [-0.39, 0.29) is 59.4 Å². The van der Waals surface area contributed by atoms with Crippen LogP contribution in [0.1, 0.15) is 94.5 Å². The number of aromatic nitrogens is 3. The number of alkyl halides is 4. The van der Waals surface area contributed by atoms with Crippen molar-refractivity contribution >= 4 is 41.6 Å². The first-order valence-corrected chi connectivity index (χ1v) is 23.8. The maximum Gasteiger partial charge on any atom is 0.411 e. The summed E-state index contributed by atoms with van der Waals surface area (Å²) in [5.41, 5.74) is 2.88. The monoisotopic (exact) mass is 1000 g/mol. The molecule has 7 rings (SSSR count). The Bertz CT molecular complexity index is 2660. The Morgan fingerprint density at radius 2 is 1.43 bits per heavy atom. The number of carbonyl (C=O) groups is 6. The minimum absolute atomic E-state index is 0.0179. The molecule has 2 unspecified atom stereocenters. The van der Waals surface area contributed by atoms with Crippen LogP contribution < -0.4 is 21.3 Å². The molecule has 1 aliphatic heterocycles. The van der Waals surface area contributed by atoms with E-state index in [1.807, 2.05) is 64.1 Å². The molecule has 21 heteroatoms. The summed E-state index contributed by atoms with van der Waals surface area (Å²) in [6, 6.07) is 17.3. The Labute approximate surface area is 413 Å². The van der Waals surface area contributed by atoms with Crippen LogP contribution in [0.25, 0.3) is 22.5 Å². The van der Waals surface area contributed by atoms with E-state index in [4.69, 9.17) is 14.6 Å². The molecule has 3 atom stereocenters. The standard InChI is InChI=1S/C51H60F4N8O9/c1-27-22-33(42(65)59-39-36-25-63(26-37(36)39)47(70)72-49(5,6)7)18-21-35(27)30-12-8-28(9-13-30)23-38(58-41(64)32-14-10-29(11-15-32)24-56-46(69)71-48(2,3)4)43(66)57-34-19-16-31(17-20-34)40-60-44(62-61-40)50(52,53)51(54,55)45(67)68/h8-9,12-13,16-22,29,32,36-39H,10-11,14-15,23-26H2,1-7H3,(H,56,69)(H,57,66)(H,58,64)(H,59,65)(H,67,68)(H,60,61,62)/t29?,32?,36?,37?,38-,39?/m0/s1. The van der Waals surface area contributed by atoms with Gasteiger partial charge in [0.05, 0.1) is 0 Å². The van der Waals surface area contributed by atoms with Crippen molar-refractivity contribution in [3.05, 3.63) is 89.2 Å². The number of likely N-dealkylation sites (tertiary alicyclic amines) is 1. The van der Waals surface area contributed by atoms with E-state index in [1.165, 1.54) is 24.3 Å². The highest BCUT2D eigenvalue weighted by Gasteiger charge is 2.66. The van der Waals surface area contributed by atoms with E-state index in [9.17, 15) is 46.3 Å². The average molecular weight is 1010 g/mol. The number of alkyl carbamates (subject to hydrolysis) is 1. The minimum atomic E-state index is -5.47. The van der Waals surface area contributed by atoms with Crippen LogP contribution in [0.2, 0.25) is 0 Å². The predicted octanol–water partition coefficient (Wildman–Crippen LogP) is 7.85. The van der Waals surface area contributed by atoms with Crippen molar-refractivity contribution in [2.24, 2.45) is 23.7 Å². The van der Waals surface area contributed by atoms with Gasteiger partial charge in [0.1, 0.15) is 17.2 Å². The number of aryl methyl sites for hydroxylation is 1. The van der Waals surface area contributed by atoms with Crippen LogP contribution in [0, 0.1) is 30.6 Å². The van der Waals surface area contributed by atoms with Gasteiger partial charge in [0.25, 0.3) is 5.91 Å². The zero-order chi connectivity index (χ0) is 52.5. The van der Waals surface area contributed by atoms with Crippen LogP contribution >= 0.6 is 0 Å². The number of halogens is 4. The molecule has 2 aliphatic carbocycles. The number of H-pyrrole nitrogens is 1. The van der Waals surface area contributed by atoms with Crippen molar-refractivity contribution in [3.8, 4) is 22.5 Å². The van der Waals surface area contributed by atoms with Crippen LogP contribution in [0.15, 0.2) is 66.7 Å². The number of anilines is 1. The normalized spacial score (nSPS) is 20.4. The SMILES string of the molecule is Cc1cc(C(=O)NC2C3CN(C(=O)OC(C)(C)C)CC32)ccc1-c1ccc(C[C@H](NC(=O)C2CCC(CNC(=O)OC(C)(C)C)CC2)C(=O)Nc2ccc(-c3n[nH]c(C(F)(F)C(F)(F)C(=O)O)n3)cc2)cc1. The molecule has 3 aliphatic rings. The van der Waals surface area contributed by atoms with E-state index >= 15 is 0 Å². The molecule has 5 amide bonds. The van der Waals surface area contributed by atoms with Crippen molar-refractivity contribution < 1.29 is 60.9 Å². The van der Waals surface area contributed by atoms with Crippen molar-refractivity contribution in [1.29, 1.82) is 0 Å². The number of hydrogen-bond acceptors (Lipinski definition) is 10. The third-order valence-corrected chi connectivity index (χ3v) is 13.0. The lowest BCUT2D eigenvalue weighted by atomic mass is 9.81. The topological polar surface area (TPSA) is 234 Å². The number of ether oxygens (including phenoxy) is 2. The van der Waals surface area contributed by atoms with Crippen LogP contribution in [-0.4, -0.2) is 110 Å². The van der Waals surface area contributed by atoms with E-state index in [0.717, 1.165) is 16.7 Å². The van der Waals surface area contributed by atoms with Crippen molar-refractivity contribution in [3.63, 3.8) is 0 Å². The van der Waals surface area contributed by atoms with Crippen molar-refractivity contribution in [2.45, 2.75) is 116 Å². The number of hydrogen-bond donors (Lipinski definition) is 6. The van der Waals surface area contributed by atoms with Gasteiger partial charge in [0.15, 0.2) is 5.82 Å². The van der Waals surface area contributed by atoms with E-state index < -0.39 is 64.6 Å². The molecule has 4 aromatic rings. The van der Waals surface area contributed by atoms with Crippen molar-refractivity contribution in [2.75, 3.05) is 25.0 Å². The fourth-order valence-corrected chi connectivity index (χ4v) is 9.05. The lowest BCUT2D eigenvalue weighted by Crippen LogP contribution is -2.48. The zero-order valence-electron chi connectivity index (χ0n) is 41.0. The summed E-state index contributed by atoms with van der Waals surface area (Å²) in [5.74, 6) is -16.8. The number of nitrogens with one attached hydrogen (secondary N) is 5. The summed E-state index contributed by atoms with van der Waals surface area (Å²) >= 11 is 0. The van der Waals surface area contributed by atoms with Gasteiger partial charge in [0.2, 0.25) is 17.6 Å². The number of rotatable bonds is 15. The Balaban J connectivity index is 0.996. The highest BCUT2D eigenvalue weighted by Crippen LogP contribution is 2.46. The Kier molecular flexibility index (Phi) is 15.1. The predicted molar refractivity (Wildman–Crippen MR) is 255 cm³/mol. The van der Waals surface area contributed by atoms with E-state index in [2.05, 4.69) is 31.3 Å². The number of aliphatic carboxylic acids is 1. The largest absolute Gasteiger partial charge is 0.477 e. The van der Waals surface area contributed by atoms with Gasteiger partial charge in [0, 0.05) is 66.7 Å². The summed E-state index contributed by atoms with van der Waals surface area (Å²) < 4.78 is 67.1. The first-order chi connectivity index (χ1) is 33.7. The van der Waals surface area contributed by atoms with E-state index in [1.54, 1.807) is 36.8 Å². The number of fused-ring (bicyclic) bond motifs is 1. The molecule has 2 saturated carbocycles. The molecule has 0 bridgehead atoms. The van der Waals surface area contributed by atoms with Gasteiger partial charge >= 0.3 is 30.0 Å². The number of benzene rings is 3. The molecule has 3 fully saturated rings. The molecule has 6 N–H and O–H groups in total. The highest BCUT2D eigenvalue weighted by atomic mass is 19.3. The molecule has 17 nitrogen and oxygen atoms in total. The van der Waals surface area contributed by atoms with Gasteiger partial charge in [-0.05, 0) is 139 Å². The van der Waals surface area contributed by atoms with Crippen LogP contribution in [-0.2, 0) is 36.2 Å². The highest BCUT2D eigenvalue weighted by molar-refractivity contribution is 5.98. The van der Waals surface area contributed by atoms with Crippen LogP contribution in [0.3, 0.4) is 0 Å². The van der Waals surface area contributed by atoms with Crippen molar-refractivity contribution in [1.82, 2.24) is 36.0 Å². The summed E-state index contributed by atoms with van der Waals surface area (Å²) in [6.07, 6.45) is 1.58. The van der Waals surface area contributed by atoms with Gasteiger partial charge < -0.3 is 40.7 Å². The Morgan fingerprint density at radius 3 is 2.01 bits per heavy atom. The zero-order valence-corrected chi connectivity index (χ0v) is 41.0. The first kappa shape index (κ1) is 52.8. The molecule has 0 radical (unpaired) electrons. The number of aromatic amines is 1. The third-order valence-electron chi connectivity index (χ3n) is 13.0. The summed E-state index contributed by atoms with van der Waals surface area (Å²) in [6.45, 7) is 14.1. The lowest BCUT2D eigenvalue weighted by molar-refractivity contribution is -0.231. The van der Waals surface area contributed by atoms with Crippen LogP contribution in [0.5, 0.6) is 0 Å². The minimum Gasteiger partial charge on any atom is -0.477 e. The van der Waals surface area contributed by atoms with Gasteiger partial charge in [-0.25, -0.2) is 19.4 Å². The second kappa shape index (κ2) is 20.6. The maximum absolute atomic E-state index is 14.4. The van der Waals surface area contributed by atoms with Gasteiger partial charge in [-0.1, -0.05) is 30.3 Å². The Hall–Kier alpha value is -7.06. The van der Waals surface area contributed by atoms with Gasteiger partial charge in [-0.15, -0.1) is 0 Å². The fourth-order valence-electron chi connectivity index (χ4n) is 9.05. The quantitative estimate of drug-likeness (QED) is 0.0628. The molecule has 2 heterocycles. The first-order valence-electron chi connectivity index (χ1n) is 23.8. The number of carboxylic acids is 1. The molecule has 386 valence electrons. The smallest absolute Gasteiger partial charge is 0.411 e. The second-order valence-corrected chi connectivity index (χ2v) is 20.8. The summed E-state index contributed by atoms with van der Waals surface area (Å²) in [5, 5.41) is 25.5. The molecule has 0 spiro atoms. The lowest BCUT2D eigenvalue weighted by Gasteiger charge is -2.29. The number of carbonyl (C=O) groups excluding carboxylic acids is 5. The van der Waals surface area contributed by atoms with Crippen LogP contribution in [0.4, 0.5) is 32.8 Å². The third kappa shape index (κ3) is 12.5. The number of piperidine rings is 1. The second-order valence-electron chi connectivity index (χ2n) is 20.8. The average Bonchev–Trinajstić information content (AvgIpc) is 3.63. The summed E-state index contributed by atoms with van der Waals surface area (Å²) in [7, 11) is 0. The number of carboxylic acid groups (broad SMARTS) is 1. The maximum atomic E-state index is 14.4. The molecular weight excluding hydrogens is 945 g/mol. The fraction of sp³-hybridized carbons (Fsp3) is 0.490. The molecular formula is C51H60F4N8O9. The number of nitrogens with zero attached hydrogens (tertiary/aromatic N) is 3. The Morgan fingerprint density at radius 1 is 0.819 bits per heavy atom. The molecule has 72 heavy (non-hydrogen) atoms. The van der Waals surface area contributed by atoms with Gasteiger partial charge in [-0.2, -0.15) is 22.7 Å². The summed E-state index contributed by atoms with van der Waals surface area (Å²) in [4.78, 5) is 81.8. The number of amides is 5. The van der Waals surface area contributed by atoms with Gasteiger partial charge in [-0.3, -0.25) is 19.5 Å².